The summed E-state index contributed by atoms with van der Waals surface area (Å²) >= 11 is 0. The molecule has 0 fully saturated rings. The van der Waals surface area contributed by atoms with Crippen molar-refractivity contribution < 1.29 is 14.6 Å². The molecule has 0 radical (unpaired) electrons. The Labute approximate surface area is 126 Å². The van der Waals surface area contributed by atoms with Crippen LogP contribution in [-0.4, -0.2) is 30.3 Å². The molecule has 1 rings (SSSR count). The molecule has 0 spiro atoms. The van der Waals surface area contributed by atoms with Gasteiger partial charge in [0.2, 0.25) is 0 Å². The monoisotopic (exact) mass is 289 g/mol. The second-order valence-electron chi connectivity index (χ2n) is 5.07. The highest BCUT2D eigenvalue weighted by molar-refractivity contribution is 5.85. The molecule has 2 unspecified atom stereocenters. The third-order valence-electron chi connectivity index (χ3n) is 3.68. The fourth-order valence-corrected chi connectivity index (χ4v) is 1.83. The van der Waals surface area contributed by atoms with E-state index in [-0.39, 0.29) is 18.6 Å². The summed E-state index contributed by atoms with van der Waals surface area (Å²) in [6, 6.07) is 7.47. The lowest BCUT2D eigenvalue weighted by Crippen LogP contribution is -2.46. The number of nitrogens with one attached hydrogen (secondary N) is 1. The number of aliphatic hydroxyl groups excluding tert-OH is 1. The van der Waals surface area contributed by atoms with Gasteiger partial charge in [0.1, 0.15) is 12.2 Å². The van der Waals surface area contributed by atoms with Gasteiger partial charge < -0.3 is 15.2 Å². The van der Waals surface area contributed by atoms with Gasteiger partial charge in [0.25, 0.3) is 5.91 Å². The molecule has 0 heterocycles. The van der Waals surface area contributed by atoms with E-state index in [1.807, 2.05) is 38.1 Å². The van der Waals surface area contributed by atoms with Crippen LogP contribution in [-0.2, 0) is 9.53 Å². The number of benzene rings is 1. The number of carbonyl (C=O) groups is 1. The second-order valence-corrected chi connectivity index (χ2v) is 5.07. The van der Waals surface area contributed by atoms with Crippen molar-refractivity contribution in [2.45, 2.75) is 38.8 Å². The lowest BCUT2D eigenvalue weighted by molar-refractivity contribution is -0.142. The van der Waals surface area contributed by atoms with Gasteiger partial charge >= 0.3 is 0 Å². The first-order valence-corrected chi connectivity index (χ1v) is 7.02. The Morgan fingerprint density at radius 1 is 1.43 bits per heavy atom. The highest BCUT2D eigenvalue weighted by Crippen LogP contribution is 2.18. The molecule has 1 aromatic carbocycles. The molecule has 21 heavy (non-hydrogen) atoms. The zero-order chi connectivity index (χ0) is 15.9. The lowest BCUT2D eigenvalue weighted by atomic mass is 10.0. The number of methoxy groups -OCH3 is 1. The Bertz CT molecular complexity index is 521. The summed E-state index contributed by atoms with van der Waals surface area (Å²) in [5.74, 6) is 5.32. The molecule has 114 valence electrons. The van der Waals surface area contributed by atoms with Gasteiger partial charge in [-0.3, -0.25) is 4.79 Å². The van der Waals surface area contributed by atoms with E-state index in [2.05, 4.69) is 17.2 Å². The number of carbonyl (C=O) groups excluding carboxylic acids is 1. The molecule has 2 atom stereocenters. The Balaban J connectivity index is 2.76. The summed E-state index contributed by atoms with van der Waals surface area (Å²) in [4.78, 5) is 12.2. The molecule has 0 aliphatic rings. The van der Waals surface area contributed by atoms with E-state index in [1.54, 1.807) is 14.0 Å². The molecular weight excluding hydrogens is 266 g/mol. The van der Waals surface area contributed by atoms with Crippen LogP contribution in [0.3, 0.4) is 0 Å². The standard InChI is InChI=1S/C17H23NO3/c1-5-17(3,21-4)16(20)18-13(2)15-10-8-14(9-11-15)7-6-12-19/h8-11,13,19H,5,12H2,1-4H3,(H,18,20). The van der Waals surface area contributed by atoms with Crippen LogP contribution in [0.2, 0.25) is 0 Å². The maximum absolute atomic E-state index is 12.2. The Kier molecular flexibility index (Phi) is 6.41. The predicted molar refractivity (Wildman–Crippen MR) is 82.7 cm³/mol. The second kappa shape index (κ2) is 7.82. The molecule has 4 nitrogen and oxygen atoms in total. The van der Waals surface area contributed by atoms with E-state index in [1.165, 1.54) is 0 Å². The van der Waals surface area contributed by atoms with Crippen molar-refractivity contribution in [2.24, 2.45) is 0 Å². The zero-order valence-corrected chi connectivity index (χ0v) is 13.1. The highest BCUT2D eigenvalue weighted by atomic mass is 16.5. The number of rotatable bonds is 5. The molecule has 0 aliphatic heterocycles. The van der Waals surface area contributed by atoms with E-state index in [9.17, 15) is 4.79 Å². The molecule has 0 bridgehead atoms. The van der Waals surface area contributed by atoms with Crippen molar-refractivity contribution in [3.05, 3.63) is 35.4 Å². The first-order valence-electron chi connectivity index (χ1n) is 7.02. The van der Waals surface area contributed by atoms with E-state index < -0.39 is 5.60 Å². The molecule has 4 heteroatoms. The van der Waals surface area contributed by atoms with Crippen LogP contribution in [0.5, 0.6) is 0 Å². The van der Waals surface area contributed by atoms with Crippen molar-refractivity contribution in [1.29, 1.82) is 0 Å². The average molecular weight is 289 g/mol. The average Bonchev–Trinajstić information content (AvgIpc) is 2.52. The normalized spacial score (nSPS) is 14.5. The van der Waals surface area contributed by atoms with Crippen LogP contribution in [0.15, 0.2) is 24.3 Å². The maximum Gasteiger partial charge on any atom is 0.252 e. The Hall–Kier alpha value is -1.83. The van der Waals surface area contributed by atoms with Gasteiger partial charge in [-0.2, -0.15) is 0 Å². The first-order chi connectivity index (χ1) is 9.96. The third-order valence-corrected chi connectivity index (χ3v) is 3.68. The fraction of sp³-hybridized carbons (Fsp3) is 0.471. The number of hydrogen-bond acceptors (Lipinski definition) is 3. The van der Waals surface area contributed by atoms with Crippen LogP contribution in [0.4, 0.5) is 0 Å². The SMILES string of the molecule is CCC(C)(OC)C(=O)NC(C)c1ccc(C#CCO)cc1. The number of hydrogen-bond donors (Lipinski definition) is 2. The maximum atomic E-state index is 12.2. The first kappa shape index (κ1) is 17.2. The number of aliphatic hydroxyl groups is 1. The highest BCUT2D eigenvalue weighted by Gasteiger charge is 2.31. The van der Waals surface area contributed by atoms with Gasteiger partial charge in [0, 0.05) is 12.7 Å². The molecule has 0 aromatic heterocycles. The summed E-state index contributed by atoms with van der Waals surface area (Å²) in [6.45, 7) is 5.48. The third kappa shape index (κ3) is 4.59. The van der Waals surface area contributed by atoms with Gasteiger partial charge in [0.05, 0.1) is 6.04 Å². The van der Waals surface area contributed by atoms with Crippen LogP contribution < -0.4 is 5.32 Å². The molecule has 2 N–H and O–H groups in total. The van der Waals surface area contributed by atoms with Crippen molar-refractivity contribution in [3.63, 3.8) is 0 Å². The van der Waals surface area contributed by atoms with Crippen molar-refractivity contribution in [3.8, 4) is 11.8 Å². The number of amides is 1. The van der Waals surface area contributed by atoms with Gasteiger partial charge in [-0.1, -0.05) is 30.9 Å². The summed E-state index contributed by atoms with van der Waals surface area (Å²) < 4.78 is 5.29. The Morgan fingerprint density at radius 2 is 2.05 bits per heavy atom. The predicted octanol–water partition coefficient (Wildman–Crippen LogP) is 2.02. The smallest absolute Gasteiger partial charge is 0.252 e. The minimum atomic E-state index is -0.805. The molecule has 0 aliphatic carbocycles. The summed E-state index contributed by atoms with van der Waals surface area (Å²) in [5.41, 5.74) is 1.02. The van der Waals surface area contributed by atoms with Crippen LogP contribution in [0.1, 0.15) is 44.4 Å². The molecule has 0 saturated heterocycles. The largest absolute Gasteiger partial charge is 0.384 e. The van der Waals surface area contributed by atoms with Crippen LogP contribution in [0, 0.1) is 11.8 Å². The van der Waals surface area contributed by atoms with Crippen LogP contribution in [0.25, 0.3) is 0 Å². The van der Waals surface area contributed by atoms with Gasteiger partial charge in [0.15, 0.2) is 0 Å². The summed E-state index contributed by atoms with van der Waals surface area (Å²) in [7, 11) is 1.54. The van der Waals surface area contributed by atoms with Crippen molar-refractivity contribution in [2.75, 3.05) is 13.7 Å². The summed E-state index contributed by atoms with van der Waals surface area (Å²) in [5, 5.41) is 11.6. The van der Waals surface area contributed by atoms with Crippen molar-refractivity contribution in [1.82, 2.24) is 5.32 Å². The van der Waals surface area contributed by atoms with Gasteiger partial charge in [-0.15, -0.1) is 0 Å². The minimum absolute atomic E-state index is 0.113. The van der Waals surface area contributed by atoms with Crippen molar-refractivity contribution >= 4 is 5.91 Å². The Morgan fingerprint density at radius 3 is 2.52 bits per heavy atom. The molecule has 1 aromatic rings. The zero-order valence-electron chi connectivity index (χ0n) is 13.1. The quantitative estimate of drug-likeness (QED) is 0.815. The lowest BCUT2D eigenvalue weighted by Gasteiger charge is -2.27. The summed E-state index contributed by atoms with van der Waals surface area (Å²) in [6.07, 6.45) is 0.609. The number of ether oxygens (including phenoxy) is 1. The minimum Gasteiger partial charge on any atom is -0.384 e. The van der Waals surface area contributed by atoms with Crippen LogP contribution >= 0.6 is 0 Å². The van der Waals surface area contributed by atoms with E-state index in [0.717, 1.165) is 11.1 Å². The topological polar surface area (TPSA) is 58.6 Å². The van der Waals surface area contributed by atoms with E-state index in [4.69, 9.17) is 9.84 Å². The van der Waals surface area contributed by atoms with E-state index in [0.29, 0.717) is 6.42 Å². The van der Waals surface area contributed by atoms with Gasteiger partial charge in [-0.05, 0) is 38.0 Å². The molecule has 1 amide bonds. The molecular formula is C17H23NO3. The fourth-order valence-electron chi connectivity index (χ4n) is 1.83. The van der Waals surface area contributed by atoms with E-state index >= 15 is 0 Å². The van der Waals surface area contributed by atoms with Gasteiger partial charge in [-0.25, -0.2) is 0 Å². The molecule has 0 saturated carbocycles.